The van der Waals surface area contributed by atoms with Gasteiger partial charge in [0.05, 0.1) is 14.2 Å². The number of amides is 1. The number of carbonyl (C=O) groups excluding carboxylic acids is 1. The third-order valence-electron chi connectivity index (χ3n) is 4.51. The average molecular weight is 371 g/mol. The molecule has 0 aliphatic heterocycles. The fourth-order valence-corrected chi connectivity index (χ4v) is 2.90. The second-order valence-electron chi connectivity index (χ2n) is 6.19. The number of hydrogen-bond acceptors (Lipinski definition) is 4. The van der Waals surface area contributed by atoms with E-state index in [4.69, 9.17) is 9.47 Å². The van der Waals surface area contributed by atoms with E-state index in [1.54, 1.807) is 31.4 Å². The Morgan fingerprint density at radius 3 is 1.81 bits per heavy atom. The molecule has 0 heterocycles. The Balaban J connectivity index is 2.07. The average Bonchev–Trinajstić information content (AvgIpc) is 2.70. The summed E-state index contributed by atoms with van der Waals surface area (Å²) in [5.41, 5.74) is 1.51. The Morgan fingerprint density at radius 1 is 0.926 bits per heavy atom. The minimum atomic E-state index is -1.11. The van der Waals surface area contributed by atoms with Gasteiger partial charge in [-0.3, -0.25) is 4.79 Å². The van der Waals surface area contributed by atoms with Crippen LogP contribution in [0, 0.1) is 0 Å². The standard InChI is InChI=1S/C21H25NO5/c1-4-14(15-5-9-17(26-2)10-6-15)13-19(23)22-20(21(24)25)16-7-11-18(27-3)12-8-16/h5-12,14,20H,4,13H2,1-3H3,(H,22,23)(H,24,25). The van der Waals surface area contributed by atoms with Gasteiger partial charge in [-0.15, -0.1) is 0 Å². The van der Waals surface area contributed by atoms with Crippen LogP contribution >= 0.6 is 0 Å². The Morgan fingerprint density at radius 2 is 1.41 bits per heavy atom. The molecule has 6 nitrogen and oxygen atoms in total. The Hall–Kier alpha value is -3.02. The van der Waals surface area contributed by atoms with Crippen LogP contribution in [0.5, 0.6) is 11.5 Å². The molecule has 2 atom stereocenters. The molecule has 2 aromatic carbocycles. The molecule has 144 valence electrons. The highest BCUT2D eigenvalue weighted by Gasteiger charge is 2.24. The maximum Gasteiger partial charge on any atom is 0.330 e. The summed E-state index contributed by atoms with van der Waals surface area (Å²) in [6.07, 6.45) is 0.975. The Bertz CT molecular complexity index is 755. The van der Waals surface area contributed by atoms with Crippen LogP contribution < -0.4 is 14.8 Å². The molecule has 0 aliphatic rings. The zero-order chi connectivity index (χ0) is 19.8. The smallest absolute Gasteiger partial charge is 0.330 e. The van der Waals surface area contributed by atoms with Crippen molar-refractivity contribution in [1.29, 1.82) is 0 Å². The summed E-state index contributed by atoms with van der Waals surface area (Å²) in [5.74, 6) is -0.0311. The molecule has 27 heavy (non-hydrogen) atoms. The fraction of sp³-hybridized carbons (Fsp3) is 0.333. The number of carboxylic acids is 1. The lowest BCUT2D eigenvalue weighted by Crippen LogP contribution is -2.34. The molecular formula is C21H25NO5. The molecule has 0 saturated carbocycles. The van der Waals surface area contributed by atoms with Crippen LogP contribution in [0.2, 0.25) is 0 Å². The summed E-state index contributed by atoms with van der Waals surface area (Å²) in [4.78, 5) is 24.1. The van der Waals surface area contributed by atoms with E-state index in [1.807, 2.05) is 31.2 Å². The van der Waals surface area contributed by atoms with Gasteiger partial charge in [-0.25, -0.2) is 4.79 Å². The van der Waals surface area contributed by atoms with E-state index in [1.165, 1.54) is 7.11 Å². The molecule has 0 bridgehead atoms. The number of carbonyl (C=O) groups is 2. The highest BCUT2D eigenvalue weighted by atomic mass is 16.5. The summed E-state index contributed by atoms with van der Waals surface area (Å²) in [6.45, 7) is 2.00. The van der Waals surface area contributed by atoms with Crippen molar-refractivity contribution in [3.8, 4) is 11.5 Å². The van der Waals surface area contributed by atoms with Gasteiger partial charge < -0.3 is 19.9 Å². The molecule has 2 rings (SSSR count). The third-order valence-corrected chi connectivity index (χ3v) is 4.51. The molecule has 6 heteroatoms. The monoisotopic (exact) mass is 371 g/mol. The topological polar surface area (TPSA) is 84.9 Å². The summed E-state index contributed by atoms with van der Waals surface area (Å²) in [6, 6.07) is 13.1. The molecule has 0 fully saturated rings. The molecule has 1 amide bonds. The molecule has 2 aromatic rings. The molecule has 0 spiro atoms. The normalized spacial score (nSPS) is 12.7. The number of aliphatic carboxylic acids is 1. The molecule has 0 saturated heterocycles. The summed E-state index contributed by atoms with van der Waals surface area (Å²) in [5, 5.41) is 12.1. The molecule has 0 aromatic heterocycles. The van der Waals surface area contributed by atoms with Crippen molar-refractivity contribution in [2.75, 3.05) is 14.2 Å². The van der Waals surface area contributed by atoms with Crippen molar-refractivity contribution in [1.82, 2.24) is 5.32 Å². The lowest BCUT2D eigenvalue weighted by atomic mass is 9.92. The maximum absolute atomic E-state index is 12.5. The van der Waals surface area contributed by atoms with Crippen LogP contribution in [0.1, 0.15) is 42.9 Å². The number of nitrogens with one attached hydrogen (secondary N) is 1. The van der Waals surface area contributed by atoms with Crippen molar-refractivity contribution < 1.29 is 24.2 Å². The van der Waals surface area contributed by atoms with Crippen LogP contribution in [0.15, 0.2) is 48.5 Å². The van der Waals surface area contributed by atoms with Gasteiger partial charge in [0, 0.05) is 6.42 Å². The van der Waals surface area contributed by atoms with Crippen LogP contribution in [0.25, 0.3) is 0 Å². The van der Waals surface area contributed by atoms with Gasteiger partial charge in [0.15, 0.2) is 6.04 Å². The van der Waals surface area contributed by atoms with Crippen molar-refractivity contribution >= 4 is 11.9 Å². The Kier molecular flexibility index (Phi) is 7.23. The highest BCUT2D eigenvalue weighted by molar-refractivity contribution is 5.85. The van der Waals surface area contributed by atoms with E-state index < -0.39 is 12.0 Å². The number of methoxy groups -OCH3 is 2. The predicted octanol–water partition coefficient (Wildman–Crippen LogP) is 3.53. The number of carboxylic acid groups (broad SMARTS) is 1. The second-order valence-corrected chi connectivity index (χ2v) is 6.19. The highest BCUT2D eigenvalue weighted by Crippen LogP contribution is 2.26. The summed E-state index contributed by atoms with van der Waals surface area (Å²) in [7, 11) is 3.14. The number of rotatable bonds is 9. The third kappa shape index (κ3) is 5.48. The first-order chi connectivity index (χ1) is 13.0. The van der Waals surface area contributed by atoms with Crippen LogP contribution in [0.3, 0.4) is 0 Å². The lowest BCUT2D eigenvalue weighted by Gasteiger charge is -2.19. The first-order valence-electron chi connectivity index (χ1n) is 8.78. The van der Waals surface area contributed by atoms with Gasteiger partial charge in [0.1, 0.15) is 11.5 Å². The number of hydrogen-bond donors (Lipinski definition) is 2. The first-order valence-corrected chi connectivity index (χ1v) is 8.78. The summed E-state index contributed by atoms with van der Waals surface area (Å²) < 4.78 is 10.2. The van der Waals surface area contributed by atoms with Crippen LogP contribution in [-0.2, 0) is 9.59 Å². The van der Waals surface area contributed by atoms with Crippen molar-refractivity contribution in [2.45, 2.75) is 31.7 Å². The van der Waals surface area contributed by atoms with E-state index in [0.29, 0.717) is 11.3 Å². The SMILES string of the molecule is CCC(CC(=O)NC(C(=O)O)c1ccc(OC)cc1)c1ccc(OC)cc1. The fourth-order valence-electron chi connectivity index (χ4n) is 2.90. The van der Waals surface area contributed by atoms with Gasteiger partial charge in [0.2, 0.25) is 5.91 Å². The van der Waals surface area contributed by atoms with E-state index in [2.05, 4.69) is 5.32 Å². The largest absolute Gasteiger partial charge is 0.497 e. The number of benzene rings is 2. The first kappa shape index (κ1) is 20.3. The summed E-state index contributed by atoms with van der Waals surface area (Å²) >= 11 is 0. The molecule has 2 N–H and O–H groups in total. The molecule has 2 unspecified atom stereocenters. The minimum absolute atomic E-state index is 0.00113. The van der Waals surface area contributed by atoms with Crippen molar-refractivity contribution in [3.05, 3.63) is 59.7 Å². The second kappa shape index (κ2) is 9.62. The van der Waals surface area contributed by atoms with Crippen LogP contribution in [-0.4, -0.2) is 31.2 Å². The van der Waals surface area contributed by atoms with E-state index in [9.17, 15) is 14.7 Å². The molecular weight excluding hydrogens is 346 g/mol. The zero-order valence-electron chi connectivity index (χ0n) is 15.8. The Labute approximate surface area is 159 Å². The van der Waals surface area contributed by atoms with Gasteiger partial charge in [-0.2, -0.15) is 0 Å². The minimum Gasteiger partial charge on any atom is -0.497 e. The van der Waals surface area contributed by atoms with Gasteiger partial charge in [-0.1, -0.05) is 31.2 Å². The van der Waals surface area contributed by atoms with E-state index in [0.717, 1.165) is 17.7 Å². The predicted molar refractivity (Wildman–Crippen MR) is 102 cm³/mol. The maximum atomic E-state index is 12.5. The molecule has 0 aliphatic carbocycles. The molecule has 0 radical (unpaired) electrons. The van der Waals surface area contributed by atoms with Crippen LogP contribution in [0.4, 0.5) is 0 Å². The quantitative estimate of drug-likeness (QED) is 0.704. The van der Waals surface area contributed by atoms with E-state index in [-0.39, 0.29) is 18.2 Å². The van der Waals surface area contributed by atoms with Crippen molar-refractivity contribution in [2.24, 2.45) is 0 Å². The number of ether oxygens (including phenoxy) is 2. The lowest BCUT2D eigenvalue weighted by molar-refractivity contribution is -0.142. The van der Waals surface area contributed by atoms with Gasteiger partial charge in [-0.05, 0) is 47.7 Å². The van der Waals surface area contributed by atoms with Gasteiger partial charge in [0.25, 0.3) is 0 Å². The van der Waals surface area contributed by atoms with E-state index >= 15 is 0 Å². The zero-order valence-corrected chi connectivity index (χ0v) is 15.8. The van der Waals surface area contributed by atoms with Gasteiger partial charge >= 0.3 is 5.97 Å². The van der Waals surface area contributed by atoms with Crippen molar-refractivity contribution in [3.63, 3.8) is 0 Å².